The molecule has 4 aliphatic heterocycles. The lowest BCUT2D eigenvalue weighted by molar-refractivity contribution is -0.0546. The van der Waals surface area contributed by atoms with E-state index in [2.05, 4.69) is 71.4 Å². The van der Waals surface area contributed by atoms with Crippen LogP contribution in [0.3, 0.4) is 0 Å². The number of nitrogens with one attached hydrogen (secondary N) is 1. The smallest absolute Gasteiger partial charge is 0.389 e. The molecule has 9 heterocycles. The minimum Gasteiger partial charge on any atom is -0.492 e. The van der Waals surface area contributed by atoms with E-state index in [4.69, 9.17) is 56.1 Å². The fourth-order valence-electron chi connectivity index (χ4n) is 10.5. The minimum atomic E-state index is -4.77. The summed E-state index contributed by atoms with van der Waals surface area (Å²) in [4.78, 5) is 47.2. The van der Waals surface area contributed by atoms with Gasteiger partial charge >= 0.3 is 12.8 Å². The molecule has 4 aliphatic rings. The van der Waals surface area contributed by atoms with Crippen LogP contribution in [0.15, 0.2) is 127 Å². The number of aromatic nitrogens is 10. The van der Waals surface area contributed by atoms with Gasteiger partial charge in [0.1, 0.15) is 53.7 Å². The van der Waals surface area contributed by atoms with Gasteiger partial charge in [0.05, 0.1) is 49.4 Å². The normalized spacial score (nSPS) is 26.0. The number of carbonyl (C=O) groups excluding carboxylic acids is 1. The first-order chi connectivity index (χ1) is 40.6. The van der Waals surface area contributed by atoms with E-state index < -0.39 is 88.2 Å². The first kappa shape index (κ1) is 55.4. The molecule has 84 heavy (non-hydrogen) atoms. The molecule has 3 saturated heterocycles. The maximum absolute atomic E-state index is 17.0. The fraction of sp³-hybridized carbons (Fsp3) is 0.283. The van der Waals surface area contributed by atoms with Crippen molar-refractivity contribution in [2.24, 2.45) is 0 Å². The van der Waals surface area contributed by atoms with E-state index in [1.54, 1.807) is 36.4 Å². The van der Waals surface area contributed by atoms with Gasteiger partial charge in [-0.2, -0.15) is 4.98 Å². The van der Waals surface area contributed by atoms with E-state index in [1.165, 1.54) is 35.3 Å². The van der Waals surface area contributed by atoms with Gasteiger partial charge in [0, 0.05) is 42.4 Å². The first-order valence-electron chi connectivity index (χ1n) is 26.1. The molecular weight excluding hydrogens is 1150 g/mol. The van der Waals surface area contributed by atoms with Gasteiger partial charge < -0.3 is 44.4 Å². The summed E-state index contributed by atoms with van der Waals surface area (Å²) in [5.41, 5.74) is 18.1. The molecule has 31 heteroatoms. The number of H-pyrrole nitrogens is 1. The first-order valence-corrected chi connectivity index (χ1v) is 30.9. The Morgan fingerprint density at radius 1 is 0.810 bits per heavy atom. The van der Waals surface area contributed by atoms with Crippen molar-refractivity contribution in [3.63, 3.8) is 0 Å². The molecule has 13 rings (SSSR count). The molecule has 5 aromatic heterocycles. The van der Waals surface area contributed by atoms with Crippen molar-refractivity contribution >= 4 is 78.8 Å². The second-order valence-corrected chi connectivity index (χ2v) is 25.5. The number of rotatable bonds is 11. The highest BCUT2D eigenvalue weighted by atomic mass is 32.7. The molecule has 3 fully saturated rings. The molecule has 0 saturated carbocycles. The zero-order valence-electron chi connectivity index (χ0n) is 44.1. The number of imidazole rings is 2. The summed E-state index contributed by atoms with van der Waals surface area (Å²) >= 11 is 0.645. The number of ether oxygens (including phenoxy) is 4. The minimum absolute atomic E-state index is 0.101. The van der Waals surface area contributed by atoms with Crippen LogP contribution in [0.4, 0.5) is 26.1 Å². The number of halogens is 2. The van der Waals surface area contributed by atoms with E-state index in [-0.39, 0.29) is 57.6 Å². The molecule has 4 aromatic carbocycles. The zero-order valence-corrected chi connectivity index (χ0v) is 46.7. The predicted octanol–water partition coefficient (Wildman–Crippen LogP) is 7.51. The van der Waals surface area contributed by atoms with Gasteiger partial charge in [0.2, 0.25) is 13.5 Å². The molecule has 9 aromatic rings. The van der Waals surface area contributed by atoms with Gasteiger partial charge in [0.25, 0.3) is 13.0 Å². The summed E-state index contributed by atoms with van der Waals surface area (Å²) < 4.78 is 114. The molecule has 10 atom stereocenters. The number of para-hydroxylation sites is 1. The second-order valence-electron chi connectivity index (χ2n) is 20.0. The number of hydrogen-bond donors (Lipinski definition) is 3. The number of benzene rings is 4. The molecule has 25 nitrogen and oxygen atoms in total. The maximum atomic E-state index is 17.0. The van der Waals surface area contributed by atoms with E-state index in [0.717, 1.165) is 44.7 Å². The lowest BCUT2D eigenvalue weighted by atomic mass is 9.96. The van der Waals surface area contributed by atoms with Crippen LogP contribution in [-0.4, -0.2) is 126 Å². The molecule has 0 amide bonds. The van der Waals surface area contributed by atoms with Gasteiger partial charge in [-0.25, -0.2) is 37.8 Å². The van der Waals surface area contributed by atoms with Crippen molar-refractivity contribution in [1.29, 1.82) is 0 Å². The molecule has 0 aliphatic carbocycles. The Kier molecular flexibility index (Phi) is 14.7. The third-order valence-corrected chi connectivity index (χ3v) is 19.2. The quantitative estimate of drug-likeness (QED) is 0.0488. The standard InChI is InChI=1S/C53H48BF2N13O12P2S/c1-66-22-30-6-2-3-7-33(30)41-44(34-8-4-5-9-36(34)66)69(65-64-41)20-21-74-31-16-12-29(13-17-31)52(71)77-32-14-10-28(11-15-32)25-84-83(73)76-24-38-45(39(55)51(79-38)68-27-61-43-48(68)62-53(58)63-49(43)70)80-82(54,72)75-23-37-46(81-83)40(56)50(78-37)67-26-60-42-35(57)18-19-59-47(42)67/h2-19,26-27,37-40,45-46,50-51H,20-25H2,1H3,(H2,57,59)(H3,58,62,63,70)/t37-,38-,39-,40-,45-,46-,50-,51-,82+,83-/m1/s1. The molecule has 0 spiro atoms. The summed E-state index contributed by atoms with van der Waals surface area (Å²) in [5.74, 6) is -0.353. The largest absolute Gasteiger partial charge is 0.492 e. The number of carbonyl (C=O) groups is 1. The van der Waals surface area contributed by atoms with Crippen LogP contribution in [0.1, 0.15) is 33.9 Å². The SMILES string of the molecule is [B][P@]1(=O)OC[C@H]2O[C@@H](n3cnc4c(N)ccnc43)[C@H](F)[C@@H]2O[P@](=O)(SCc2ccc(OC(=O)c3ccc(OCCn4nnc5c4-c4ccccc4N(C)Cc4ccccc4-5)cc3)cc2)OC[C@H]2O[C@@H](n3cnc4c(=O)[nH]c(N)nc43)[C@H](F)[C@@H]2O1. The van der Waals surface area contributed by atoms with Crippen LogP contribution in [-0.2, 0) is 55.5 Å². The molecule has 0 unspecified atom stereocenters. The van der Waals surface area contributed by atoms with Crippen molar-refractivity contribution in [2.75, 3.05) is 43.2 Å². The van der Waals surface area contributed by atoms with Crippen LogP contribution in [0, 0.1) is 0 Å². The summed E-state index contributed by atoms with van der Waals surface area (Å²) in [6.45, 7) is -4.84. The Morgan fingerprint density at radius 3 is 2.24 bits per heavy atom. The van der Waals surface area contributed by atoms with E-state index >= 15 is 13.3 Å². The predicted molar refractivity (Wildman–Crippen MR) is 302 cm³/mol. The van der Waals surface area contributed by atoms with Crippen molar-refractivity contribution in [3.8, 4) is 34.0 Å². The highest BCUT2D eigenvalue weighted by molar-refractivity contribution is 8.54. The van der Waals surface area contributed by atoms with E-state index in [9.17, 15) is 14.2 Å². The summed E-state index contributed by atoms with van der Waals surface area (Å²) in [6.07, 6.45) is -10.5. The molecule has 5 N–H and O–H groups in total. The lowest BCUT2D eigenvalue weighted by Crippen LogP contribution is -2.37. The summed E-state index contributed by atoms with van der Waals surface area (Å²) in [7, 11) is 3.34. The third kappa shape index (κ3) is 10.6. The molecule has 0 bridgehead atoms. The number of nitrogen functional groups attached to an aromatic ring is 2. The van der Waals surface area contributed by atoms with Gasteiger partial charge in [-0.1, -0.05) is 59.8 Å². The number of nitrogens with zero attached hydrogens (tertiary/aromatic N) is 10. The lowest BCUT2D eigenvalue weighted by Gasteiger charge is -2.30. The average Bonchev–Trinajstić information content (AvgIpc) is 4.18. The monoisotopic (exact) mass is 1200 g/mol. The highest BCUT2D eigenvalue weighted by Gasteiger charge is 2.55. The van der Waals surface area contributed by atoms with Crippen molar-refractivity contribution < 1.29 is 59.7 Å². The number of alkyl halides is 2. The third-order valence-electron chi connectivity index (χ3n) is 14.5. The average molecular weight is 1200 g/mol. The summed E-state index contributed by atoms with van der Waals surface area (Å²) in [5, 5.41) is 9.18. The molecule has 2 radical (unpaired) electrons. The van der Waals surface area contributed by atoms with Crippen LogP contribution >= 0.6 is 25.7 Å². The Hall–Kier alpha value is -7.85. The number of fused-ring (bicyclic) bond motifs is 9. The van der Waals surface area contributed by atoms with Crippen molar-refractivity contribution in [2.45, 2.75) is 68.1 Å². The van der Waals surface area contributed by atoms with Gasteiger partial charge in [0.15, 0.2) is 41.6 Å². The zero-order chi connectivity index (χ0) is 58.0. The Labute approximate surface area is 480 Å². The fourth-order valence-corrected chi connectivity index (χ4v) is 14.9. The van der Waals surface area contributed by atoms with Gasteiger partial charge in [-0.05, 0) is 71.0 Å². The van der Waals surface area contributed by atoms with E-state index in [0.29, 0.717) is 35.8 Å². The van der Waals surface area contributed by atoms with Crippen molar-refractivity contribution in [1.82, 2.24) is 49.0 Å². The van der Waals surface area contributed by atoms with Crippen LogP contribution < -0.4 is 31.4 Å². The summed E-state index contributed by atoms with van der Waals surface area (Å²) in [6, 6.07) is 30.6. The Bertz CT molecular complexity index is 4150. The molecular formula is C53H48BF2N13O12P2S. The number of hydrogen-bond acceptors (Lipinski definition) is 22. The number of pyridine rings is 1. The topological polar surface area (TPSA) is 305 Å². The van der Waals surface area contributed by atoms with Crippen LogP contribution in [0.2, 0.25) is 0 Å². The van der Waals surface area contributed by atoms with Crippen LogP contribution in [0.25, 0.3) is 44.8 Å². The number of anilines is 3. The van der Waals surface area contributed by atoms with Gasteiger partial charge in [-0.15, -0.1) is 5.10 Å². The molecule has 430 valence electrons. The Balaban J connectivity index is 0.694. The van der Waals surface area contributed by atoms with Gasteiger partial charge in [-0.3, -0.25) is 32.5 Å². The highest BCUT2D eigenvalue weighted by Crippen LogP contribution is 2.65. The Morgan fingerprint density at radius 2 is 1.48 bits per heavy atom. The maximum Gasteiger partial charge on any atom is 0.389 e. The van der Waals surface area contributed by atoms with Crippen molar-refractivity contribution in [3.05, 3.63) is 149 Å². The van der Waals surface area contributed by atoms with Crippen LogP contribution in [0.5, 0.6) is 11.5 Å². The number of aromatic amines is 1. The van der Waals surface area contributed by atoms with E-state index in [1.807, 2.05) is 28.9 Å². The second kappa shape index (κ2) is 22.3. The number of nitrogens with two attached hydrogens (primary N) is 2. The number of esters is 1.